The van der Waals surface area contributed by atoms with E-state index < -0.39 is 8.07 Å². The highest BCUT2D eigenvalue weighted by atomic mass is 28.3. The molecule has 10 aromatic rings. The van der Waals surface area contributed by atoms with Crippen molar-refractivity contribution >= 4 is 73.4 Å². The van der Waals surface area contributed by atoms with Crippen molar-refractivity contribution in [3.05, 3.63) is 229 Å². The van der Waals surface area contributed by atoms with Crippen molar-refractivity contribution < 1.29 is 0 Å². The van der Waals surface area contributed by atoms with Gasteiger partial charge in [-0.25, -0.2) is 4.98 Å². The summed E-state index contributed by atoms with van der Waals surface area (Å²) in [5.41, 5.74) is 13.3. The van der Waals surface area contributed by atoms with E-state index in [1.807, 2.05) is 6.20 Å². The molecule has 4 nitrogen and oxygen atoms in total. The van der Waals surface area contributed by atoms with Crippen molar-refractivity contribution in [2.75, 3.05) is 16.5 Å². The fourth-order valence-electron chi connectivity index (χ4n) is 10.9. The van der Waals surface area contributed by atoms with Gasteiger partial charge in [0.15, 0.2) is 8.07 Å². The Labute approximate surface area is 421 Å². The van der Waals surface area contributed by atoms with E-state index in [0.29, 0.717) is 6.67 Å². The van der Waals surface area contributed by atoms with Crippen LogP contribution in [0.3, 0.4) is 0 Å². The minimum absolute atomic E-state index is 0.0309. The highest BCUT2D eigenvalue weighted by Gasteiger charge is 2.43. The fraction of sp³-hybridized carbons (Fsp3) is 0.197. The molecule has 0 saturated carbocycles. The number of anilines is 4. The van der Waals surface area contributed by atoms with Crippen molar-refractivity contribution in [1.29, 1.82) is 0 Å². The van der Waals surface area contributed by atoms with Crippen molar-refractivity contribution in [3.63, 3.8) is 0 Å². The Balaban J connectivity index is 1.20. The number of fused-ring (bicyclic) bond motifs is 4. The molecular weight excluding hydrogens is 877 g/mol. The van der Waals surface area contributed by atoms with Crippen LogP contribution in [0.2, 0.25) is 0 Å². The second-order valence-corrected chi connectivity index (χ2v) is 26.4. The van der Waals surface area contributed by atoms with E-state index in [1.54, 1.807) is 0 Å². The van der Waals surface area contributed by atoms with Gasteiger partial charge in [-0.15, -0.1) is 0 Å². The molecule has 0 aliphatic carbocycles. The molecule has 1 aliphatic heterocycles. The zero-order valence-electron chi connectivity index (χ0n) is 42.7. The topological polar surface area (TPSA) is 24.3 Å². The first-order valence-corrected chi connectivity index (χ1v) is 27.2. The summed E-state index contributed by atoms with van der Waals surface area (Å²) in [7, 11) is -3.16. The first-order chi connectivity index (χ1) is 34.1. The van der Waals surface area contributed by atoms with E-state index in [4.69, 9.17) is 4.98 Å². The van der Waals surface area contributed by atoms with E-state index in [-0.39, 0.29) is 16.2 Å². The van der Waals surface area contributed by atoms with Crippen molar-refractivity contribution in [3.8, 4) is 16.9 Å². The van der Waals surface area contributed by atoms with E-state index in [1.165, 1.54) is 82.1 Å². The Morgan fingerprint density at radius 3 is 1.59 bits per heavy atom. The molecule has 0 amide bonds. The third-order valence-electron chi connectivity index (χ3n) is 14.9. The van der Waals surface area contributed by atoms with Crippen LogP contribution in [0.5, 0.6) is 0 Å². The molecule has 0 atom stereocenters. The van der Waals surface area contributed by atoms with Gasteiger partial charge in [-0.3, -0.25) is 4.57 Å². The van der Waals surface area contributed by atoms with Gasteiger partial charge in [-0.1, -0.05) is 202 Å². The Morgan fingerprint density at radius 2 is 0.958 bits per heavy atom. The Bertz CT molecular complexity index is 3530. The number of rotatable bonds is 8. The van der Waals surface area contributed by atoms with Crippen molar-refractivity contribution in [2.24, 2.45) is 0 Å². The van der Waals surface area contributed by atoms with Gasteiger partial charge in [0.05, 0.1) is 22.4 Å². The quantitative estimate of drug-likeness (QED) is 0.112. The number of para-hydroxylation sites is 2. The van der Waals surface area contributed by atoms with Gasteiger partial charge in [0.25, 0.3) is 0 Å². The lowest BCUT2D eigenvalue weighted by Crippen LogP contribution is -2.74. The average molecular weight is 941 g/mol. The molecule has 0 spiro atoms. The molecule has 71 heavy (non-hydrogen) atoms. The molecule has 5 heteroatoms. The molecule has 0 radical (unpaired) electrons. The van der Waals surface area contributed by atoms with E-state index >= 15 is 0 Å². The first kappa shape index (κ1) is 45.9. The molecule has 8 aromatic carbocycles. The monoisotopic (exact) mass is 940 g/mol. The molecular formula is C66H64N4Si. The molecule has 0 bridgehead atoms. The molecule has 352 valence electrons. The number of benzene rings is 8. The summed E-state index contributed by atoms with van der Waals surface area (Å²) in [5.74, 6) is 0.927. The van der Waals surface area contributed by atoms with E-state index in [0.717, 1.165) is 16.9 Å². The number of hydrogen-bond donors (Lipinski definition) is 0. The van der Waals surface area contributed by atoms with Crippen molar-refractivity contribution in [1.82, 2.24) is 9.55 Å². The Morgan fingerprint density at radius 1 is 0.380 bits per heavy atom. The predicted molar refractivity (Wildman–Crippen MR) is 306 cm³/mol. The van der Waals surface area contributed by atoms with Crippen LogP contribution in [0, 0.1) is 0 Å². The smallest absolute Gasteiger partial charge is 0.179 e. The summed E-state index contributed by atoms with van der Waals surface area (Å²) >= 11 is 0. The van der Waals surface area contributed by atoms with Crippen LogP contribution in [0.4, 0.5) is 22.7 Å². The normalized spacial score (nSPS) is 13.3. The summed E-state index contributed by atoms with van der Waals surface area (Å²) < 4.78 is 2.43. The minimum Gasteiger partial charge on any atom is -0.321 e. The molecule has 11 rings (SSSR count). The maximum atomic E-state index is 5.16. The molecule has 2 aromatic heterocycles. The fourth-order valence-corrected chi connectivity index (χ4v) is 15.7. The summed E-state index contributed by atoms with van der Waals surface area (Å²) in [6.07, 6.45) is 1.99. The van der Waals surface area contributed by atoms with E-state index in [2.05, 4.69) is 283 Å². The van der Waals surface area contributed by atoms with Crippen LogP contribution in [0.1, 0.15) is 79.0 Å². The van der Waals surface area contributed by atoms with Crippen LogP contribution in [-0.4, -0.2) is 24.3 Å². The van der Waals surface area contributed by atoms with Crippen LogP contribution in [0.25, 0.3) is 38.8 Å². The summed E-state index contributed by atoms with van der Waals surface area (Å²) in [6, 6.07) is 78.0. The number of hydrogen-bond acceptors (Lipinski definition) is 3. The number of pyridine rings is 1. The predicted octanol–water partition coefficient (Wildman–Crippen LogP) is 14.4. The summed E-state index contributed by atoms with van der Waals surface area (Å²) in [6.45, 7) is 21.5. The first-order valence-electron chi connectivity index (χ1n) is 25.2. The highest BCUT2D eigenvalue weighted by Crippen LogP contribution is 2.45. The molecule has 1 aliphatic rings. The molecule has 0 N–H and O–H groups in total. The van der Waals surface area contributed by atoms with Crippen LogP contribution in [0.15, 0.2) is 212 Å². The SMILES string of the molecule is CC(C)(C)c1cccc(N2CN(c3cc(C(C)(C)C)cc([Si](c4ccccc4)(c4ccccc4)c4ccc5c6cc(-c7ccccc7)ccc6n(-c6cc(C(C)(C)C)ccn6)c5c4)c3)c3ccccc32)c1. The van der Waals surface area contributed by atoms with Crippen LogP contribution in [-0.2, 0) is 16.2 Å². The minimum atomic E-state index is -3.16. The second-order valence-electron chi connectivity index (χ2n) is 22.6. The maximum absolute atomic E-state index is 5.16. The van der Waals surface area contributed by atoms with Crippen molar-refractivity contribution in [2.45, 2.75) is 78.6 Å². The van der Waals surface area contributed by atoms with Gasteiger partial charge in [0.2, 0.25) is 0 Å². The Hall–Kier alpha value is -7.47. The van der Waals surface area contributed by atoms with Gasteiger partial charge >= 0.3 is 0 Å². The summed E-state index contributed by atoms with van der Waals surface area (Å²) in [5, 5.41) is 7.77. The van der Waals surface area contributed by atoms with Gasteiger partial charge in [-0.2, -0.15) is 0 Å². The molecule has 0 unspecified atom stereocenters. The zero-order chi connectivity index (χ0) is 49.3. The van der Waals surface area contributed by atoms with Gasteiger partial charge in [0.1, 0.15) is 12.5 Å². The lowest BCUT2D eigenvalue weighted by Gasteiger charge is -2.37. The van der Waals surface area contributed by atoms with Gasteiger partial charge in [0, 0.05) is 28.3 Å². The average Bonchev–Trinajstić information content (AvgIpc) is 3.93. The third-order valence-corrected chi connectivity index (χ3v) is 19.6. The molecule has 0 saturated heterocycles. The maximum Gasteiger partial charge on any atom is 0.179 e. The van der Waals surface area contributed by atoms with E-state index in [9.17, 15) is 0 Å². The van der Waals surface area contributed by atoms with Gasteiger partial charge in [-0.05, 0) is 132 Å². The van der Waals surface area contributed by atoms with Gasteiger partial charge < -0.3 is 9.80 Å². The second kappa shape index (κ2) is 17.4. The standard InChI is InChI=1S/C66H64N4Si/c1-64(2,3)48-24-21-25-51(39-48)68-45-69(61-31-20-19-30-60(61)68)52-40-50(66(7,8)9)41-56(43-52)71(53-26-15-11-16-27-53,54-28-17-12-18-29-54)55-33-34-57-58-38-47(46-22-13-10-14-23-46)32-35-59(58)70(62(57)44-55)63-42-49(36-37-67-63)65(4,5)6/h10-44H,45H2,1-9H3. The zero-order valence-corrected chi connectivity index (χ0v) is 43.7. The third kappa shape index (κ3) is 8.16. The lowest BCUT2D eigenvalue weighted by atomic mass is 9.87. The summed E-state index contributed by atoms with van der Waals surface area (Å²) in [4.78, 5) is 10.2. The number of aromatic nitrogens is 2. The Kier molecular flexibility index (Phi) is 11.3. The van der Waals surface area contributed by atoms with Crippen LogP contribution < -0.4 is 30.5 Å². The highest BCUT2D eigenvalue weighted by molar-refractivity contribution is 7.20. The molecule has 3 heterocycles. The number of nitrogens with zero attached hydrogens (tertiary/aromatic N) is 4. The molecule has 0 fully saturated rings. The van der Waals surface area contributed by atoms with Crippen LogP contribution >= 0.6 is 0 Å². The lowest BCUT2D eigenvalue weighted by molar-refractivity contribution is 0.588. The largest absolute Gasteiger partial charge is 0.321 e.